The van der Waals surface area contributed by atoms with Crippen molar-refractivity contribution in [2.45, 2.75) is 45.6 Å². The molecule has 6 heteroatoms. The lowest BCUT2D eigenvalue weighted by molar-refractivity contribution is -0.135. The second-order valence-corrected chi connectivity index (χ2v) is 8.76. The third kappa shape index (κ3) is 3.80. The highest BCUT2D eigenvalue weighted by atomic mass is 16.2. The van der Waals surface area contributed by atoms with E-state index in [0.29, 0.717) is 12.0 Å². The Morgan fingerprint density at radius 1 is 1.36 bits per heavy atom. The summed E-state index contributed by atoms with van der Waals surface area (Å²) < 4.78 is 0. The second-order valence-electron chi connectivity index (χ2n) is 8.76. The van der Waals surface area contributed by atoms with E-state index in [4.69, 9.17) is 0 Å². The quantitative estimate of drug-likeness (QED) is 0.832. The van der Waals surface area contributed by atoms with Gasteiger partial charge in [-0.05, 0) is 76.4 Å². The summed E-state index contributed by atoms with van der Waals surface area (Å²) in [6, 6.07) is 6.29. The number of aryl methyl sites for hydroxylation is 1. The fraction of sp³-hybridized carbons (Fsp3) is 0.636. The number of amides is 1. The molecule has 0 aliphatic carbocycles. The van der Waals surface area contributed by atoms with Crippen LogP contribution in [0.1, 0.15) is 37.6 Å². The fourth-order valence-corrected chi connectivity index (χ4v) is 5.04. The molecule has 2 fully saturated rings. The first-order valence-electron chi connectivity index (χ1n) is 10.6. The van der Waals surface area contributed by atoms with Gasteiger partial charge in [0.1, 0.15) is 5.82 Å². The van der Waals surface area contributed by atoms with Crippen molar-refractivity contribution >= 4 is 16.9 Å². The molecule has 152 valence electrons. The molecule has 1 spiro atoms. The Balaban J connectivity index is 1.40. The van der Waals surface area contributed by atoms with Crippen molar-refractivity contribution in [3.8, 4) is 0 Å². The molecule has 1 aromatic heterocycles. The van der Waals surface area contributed by atoms with Gasteiger partial charge in [0.2, 0.25) is 5.91 Å². The lowest BCUT2D eigenvalue weighted by Gasteiger charge is -2.33. The molecular weight excluding hydrogens is 350 g/mol. The number of rotatable bonds is 5. The number of likely N-dealkylation sites (tertiary alicyclic amines) is 1. The third-order valence-electron chi connectivity index (χ3n) is 6.69. The van der Waals surface area contributed by atoms with Gasteiger partial charge in [-0.3, -0.25) is 9.69 Å². The predicted molar refractivity (Wildman–Crippen MR) is 112 cm³/mol. The molecule has 1 atom stereocenters. The van der Waals surface area contributed by atoms with E-state index in [1.807, 2.05) is 4.90 Å². The Labute approximate surface area is 167 Å². The number of aromatic nitrogens is 2. The second kappa shape index (κ2) is 7.84. The summed E-state index contributed by atoms with van der Waals surface area (Å²) in [4.78, 5) is 25.7. The predicted octanol–water partition coefficient (Wildman–Crippen LogP) is 2.34. The molecule has 2 aliphatic heterocycles. The van der Waals surface area contributed by atoms with Crippen molar-refractivity contribution in [2.24, 2.45) is 5.41 Å². The number of nitrogens with zero attached hydrogens (tertiary/aromatic N) is 3. The first kappa shape index (κ1) is 19.4. The summed E-state index contributed by atoms with van der Waals surface area (Å²) in [6.45, 7) is 8.84. The van der Waals surface area contributed by atoms with Gasteiger partial charge in [-0.15, -0.1) is 0 Å². The van der Waals surface area contributed by atoms with E-state index in [2.05, 4.69) is 59.3 Å². The zero-order valence-electron chi connectivity index (χ0n) is 17.4. The zero-order chi connectivity index (χ0) is 19.7. The van der Waals surface area contributed by atoms with E-state index in [0.717, 1.165) is 55.9 Å². The van der Waals surface area contributed by atoms with Crippen LogP contribution in [0.3, 0.4) is 0 Å². The van der Waals surface area contributed by atoms with E-state index >= 15 is 0 Å². The van der Waals surface area contributed by atoms with Crippen molar-refractivity contribution in [1.29, 1.82) is 0 Å². The Hall–Kier alpha value is -1.92. The smallest absolute Gasteiger partial charge is 0.239 e. The first-order chi connectivity index (χ1) is 13.5. The van der Waals surface area contributed by atoms with Crippen LogP contribution in [0.2, 0.25) is 0 Å². The molecule has 0 radical (unpaired) electrons. The third-order valence-corrected chi connectivity index (χ3v) is 6.69. The Kier molecular flexibility index (Phi) is 5.43. The lowest BCUT2D eigenvalue weighted by atomic mass is 9.77. The highest BCUT2D eigenvalue weighted by Crippen LogP contribution is 2.41. The molecule has 0 bridgehead atoms. The van der Waals surface area contributed by atoms with Crippen LogP contribution in [0.5, 0.6) is 0 Å². The minimum Gasteiger partial charge on any atom is -0.342 e. The highest BCUT2D eigenvalue weighted by Gasteiger charge is 2.46. The van der Waals surface area contributed by atoms with Crippen LogP contribution in [0, 0.1) is 12.3 Å². The molecule has 0 unspecified atom stereocenters. The molecule has 4 rings (SSSR count). The molecule has 0 saturated carbocycles. The molecule has 6 nitrogen and oxygen atoms in total. The Morgan fingerprint density at radius 2 is 2.14 bits per heavy atom. The maximum absolute atomic E-state index is 13.3. The van der Waals surface area contributed by atoms with E-state index < -0.39 is 0 Å². The maximum atomic E-state index is 13.3. The van der Waals surface area contributed by atoms with Gasteiger partial charge in [0, 0.05) is 26.1 Å². The molecule has 1 amide bonds. The van der Waals surface area contributed by atoms with Crippen LogP contribution < -0.4 is 5.32 Å². The molecule has 2 saturated heterocycles. The number of likely N-dealkylation sites (N-methyl/N-ethyl adjacent to an activating group) is 2. The van der Waals surface area contributed by atoms with Crippen LogP contribution in [0.4, 0.5) is 0 Å². The Bertz CT molecular complexity index is 839. The SMILES string of the molecule is CCN(CCc1nc2ccc(C)cc2[nH]1)C(=O)[C@@H]1CC2(CCNCC2)CN1C. The van der Waals surface area contributed by atoms with Crippen molar-refractivity contribution < 1.29 is 4.79 Å². The molecule has 2 aliphatic rings. The summed E-state index contributed by atoms with van der Waals surface area (Å²) in [5, 5.41) is 3.46. The van der Waals surface area contributed by atoms with Gasteiger partial charge in [0.15, 0.2) is 0 Å². The largest absolute Gasteiger partial charge is 0.342 e. The summed E-state index contributed by atoms with van der Waals surface area (Å²) in [5.74, 6) is 1.24. The standard InChI is InChI=1S/C22H33N5O/c1-4-27(12-7-20-24-17-6-5-16(2)13-18(17)25-20)21(28)19-14-22(15-26(19)3)8-10-23-11-9-22/h5-6,13,19,23H,4,7-12,14-15H2,1-3H3,(H,24,25)/t19-/m0/s1. The number of hydrogen-bond donors (Lipinski definition) is 2. The number of carbonyl (C=O) groups is 1. The van der Waals surface area contributed by atoms with Gasteiger partial charge in [-0.25, -0.2) is 4.98 Å². The number of carbonyl (C=O) groups excluding carboxylic acids is 1. The number of nitrogens with one attached hydrogen (secondary N) is 2. The normalized spacial score (nSPS) is 22.2. The van der Waals surface area contributed by atoms with Gasteiger partial charge in [0.25, 0.3) is 0 Å². The number of piperidine rings is 1. The highest BCUT2D eigenvalue weighted by molar-refractivity contribution is 5.82. The van der Waals surface area contributed by atoms with E-state index in [1.54, 1.807) is 0 Å². The van der Waals surface area contributed by atoms with E-state index in [-0.39, 0.29) is 11.9 Å². The monoisotopic (exact) mass is 383 g/mol. The van der Waals surface area contributed by atoms with Gasteiger partial charge in [-0.1, -0.05) is 6.07 Å². The minimum absolute atomic E-state index is 0.0244. The summed E-state index contributed by atoms with van der Waals surface area (Å²) in [6.07, 6.45) is 4.14. The lowest BCUT2D eigenvalue weighted by Crippen LogP contribution is -2.45. The number of hydrogen-bond acceptors (Lipinski definition) is 4. The molecule has 3 heterocycles. The Morgan fingerprint density at radius 3 is 2.89 bits per heavy atom. The minimum atomic E-state index is 0.0244. The molecule has 2 N–H and O–H groups in total. The van der Waals surface area contributed by atoms with Crippen molar-refractivity contribution in [3.63, 3.8) is 0 Å². The summed E-state index contributed by atoms with van der Waals surface area (Å²) in [7, 11) is 2.12. The summed E-state index contributed by atoms with van der Waals surface area (Å²) >= 11 is 0. The fourth-order valence-electron chi connectivity index (χ4n) is 5.04. The van der Waals surface area contributed by atoms with Crippen molar-refractivity contribution in [3.05, 3.63) is 29.6 Å². The molecule has 1 aromatic carbocycles. The number of aromatic amines is 1. The average molecular weight is 384 g/mol. The van der Waals surface area contributed by atoms with Crippen LogP contribution in [-0.2, 0) is 11.2 Å². The topological polar surface area (TPSA) is 64.3 Å². The maximum Gasteiger partial charge on any atom is 0.239 e. The number of H-pyrrole nitrogens is 1. The van der Waals surface area contributed by atoms with Crippen molar-refractivity contribution in [2.75, 3.05) is 39.8 Å². The molecule has 2 aromatic rings. The van der Waals surface area contributed by atoms with Crippen molar-refractivity contribution in [1.82, 2.24) is 25.1 Å². The van der Waals surface area contributed by atoms with Gasteiger partial charge in [0.05, 0.1) is 17.1 Å². The van der Waals surface area contributed by atoms with Crippen LogP contribution >= 0.6 is 0 Å². The van der Waals surface area contributed by atoms with Crippen LogP contribution in [-0.4, -0.2) is 71.5 Å². The van der Waals surface area contributed by atoms with Gasteiger partial charge in [-0.2, -0.15) is 0 Å². The molecule has 28 heavy (non-hydrogen) atoms. The van der Waals surface area contributed by atoms with Crippen LogP contribution in [0.15, 0.2) is 18.2 Å². The average Bonchev–Trinajstić information content (AvgIpc) is 3.22. The van der Waals surface area contributed by atoms with Crippen LogP contribution in [0.25, 0.3) is 11.0 Å². The zero-order valence-corrected chi connectivity index (χ0v) is 17.4. The van der Waals surface area contributed by atoms with Gasteiger partial charge >= 0.3 is 0 Å². The number of fused-ring (bicyclic) bond motifs is 1. The van der Waals surface area contributed by atoms with Gasteiger partial charge < -0.3 is 15.2 Å². The van der Waals surface area contributed by atoms with E-state index in [1.165, 1.54) is 18.4 Å². The summed E-state index contributed by atoms with van der Waals surface area (Å²) in [5.41, 5.74) is 3.63. The van der Waals surface area contributed by atoms with E-state index in [9.17, 15) is 4.79 Å². The number of benzene rings is 1. The molecular formula is C22H33N5O. The number of imidazole rings is 1. The first-order valence-corrected chi connectivity index (χ1v) is 10.6.